The Bertz CT molecular complexity index is 848. The second-order valence-electron chi connectivity index (χ2n) is 7.53. The first-order valence-corrected chi connectivity index (χ1v) is 11.7. The van der Waals surface area contributed by atoms with E-state index in [1.54, 1.807) is 18.5 Å². The van der Waals surface area contributed by atoms with Gasteiger partial charge in [0.1, 0.15) is 10.8 Å². The van der Waals surface area contributed by atoms with Crippen molar-refractivity contribution in [1.29, 1.82) is 0 Å². The van der Waals surface area contributed by atoms with Crippen LogP contribution in [0.2, 0.25) is 0 Å². The van der Waals surface area contributed by atoms with Gasteiger partial charge in [0, 0.05) is 44.2 Å². The maximum atomic E-state index is 5.64. The number of hydrogen-bond donors (Lipinski definition) is 2. The molecule has 0 saturated carbocycles. The molecule has 2 N–H and O–H groups in total. The summed E-state index contributed by atoms with van der Waals surface area (Å²) in [5.41, 5.74) is 0. The summed E-state index contributed by atoms with van der Waals surface area (Å²) >= 11 is 6.88. The topological polar surface area (TPSA) is 88.1 Å². The smallest absolute Gasteiger partial charge is 0.232 e. The van der Waals surface area contributed by atoms with E-state index in [4.69, 9.17) is 21.9 Å². The third kappa shape index (κ3) is 5.77. The van der Waals surface area contributed by atoms with E-state index in [0.29, 0.717) is 28.8 Å². The number of ether oxygens (including phenoxy) is 1. The predicted molar refractivity (Wildman–Crippen MR) is 122 cm³/mol. The SMILES string of the molecule is C[C@@H]1CCCCN1c1cc(Sc2ncccn2)nc(NC(=S)NC[C@H]2CCCO2)n1. The molecule has 0 radical (unpaired) electrons. The minimum atomic E-state index is 0.215. The summed E-state index contributed by atoms with van der Waals surface area (Å²) in [5, 5.41) is 8.31. The van der Waals surface area contributed by atoms with Crippen LogP contribution < -0.4 is 15.5 Å². The van der Waals surface area contributed by atoms with Gasteiger partial charge in [0.15, 0.2) is 10.3 Å². The Morgan fingerprint density at radius 2 is 2.10 bits per heavy atom. The monoisotopic (exact) mass is 445 g/mol. The molecule has 0 amide bonds. The third-order valence-electron chi connectivity index (χ3n) is 5.26. The molecule has 2 saturated heterocycles. The molecule has 2 aromatic heterocycles. The Morgan fingerprint density at radius 1 is 1.23 bits per heavy atom. The van der Waals surface area contributed by atoms with Gasteiger partial charge in [0.2, 0.25) is 5.95 Å². The lowest BCUT2D eigenvalue weighted by molar-refractivity contribution is 0.114. The largest absolute Gasteiger partial charge is 0.376 e. The third-order valence-corrected chi connectivity index (χ3v) is 6.32. The van der Waals surface area contributed by atoms with Crippen LogP contribution in [0.4, 0.5) is 11.8 Å². The van der Waals surface area contributed by atoms with Crippen LogP contribution >= 0.6 is 24.0 Å². The van der Waals surface area contributed by atoms with Crippen LogP contribution in [0.5, 0.6) is 0 Å². The molecular weight excluding hydrogens is 418 g/mol. The normalized spacial score (nSPS) is 21.4. The molecule has 0 aliphatic carbocycles. The Morgan fingerprint density at radius 3 is 2.87 bits per heavy atom. The van der Waals surface area contributed by atoms with E-state index in [-0.39, 0.29) is 6.10 Å². The van der Waals surface area contributed by atoms with Crippen LogP contribution in [0, 0.1) is 0 Å². The molecule has 2 aliphatic heterocycles. The minimum absolute atomic E-state index is 0.215. The van der Waals surface area contributed by atoms with Crippen LogP contribution in [-0.2, 0) is 4.74 Å². The number of nitrogens with one attached hydrogen (secondary N) is 2. The minimum Gasteiger partial charge on any atom is -0.376 e. The van der Waals surface area contributed by atoms with E-state index >= 15 is 0 Å². The number of nitrogens with zero attached hydrogens (tertiary/aromatic N) is 5. The summed E-state index contributed by atoms with van der Waals surface area (Å²) in [6, 6.07) is 4.25. The van der Waals surface area contributed by atoms with Crippen molar-refractivity contribution in [2.45, 2.75) is 61.4 Å². The van der Waals surface area contributed by atoms with Crippen LogP contribution in [0.15, 0.2) is 34.7 Å². The van der Waals surface area contributed by atoms with Crippen LogP contribution in [0.3, 0.4) is 0 Å². The fourth-order valence-corrected chi connectivity index (χ4v) is 4.58. The maximum Gasteiger partial charge on any atom is 0.232 e. The Hall–Kier alpha value is -2.04. The van der Waals surface area contributed by atoms with Crippen molar-refractivity contribution < 1.29 is 4.74 Å². The molecule has 0 bridgehead atoms. The predicted octanol–water partition coefficient (Wildman–Crippen LogP) is 3.26. The standard InChI is InChI=1S/C20H27N7OS2/c1-14-6-2-3-10-27(14)16-12-17(30-20-21-8-5-9-22-20)25-18(24-16)26-19(29)23-13-15-7-4-11-28-15/h5,8-9,12,14-15H,2-4,6-7,10-11,13H2,1H3,(H2,23,24,25,26,29)/t14-,15-/m1/s1. The van der Waals surface area contributed by atoms with Crippen molar-refractivity contribution >= 4 is 40.9 Å². The zero-order valence-corrected chi connectivity index (χ0v) is 18.7. The van der Waals surface area contributed by atoms with E-state index in [9.17, 15) is 0 Å². The van der Waals surface area contributed by atoms with Crippen LogP contribution in [0.1, 0.15) is 39.0 Å². The molecule has 160 valence electrons. The van der Waals surface area contributed by atoms with E-state index < -0.39 is 0 Å². The van der Waals surface area contributed by atoms with Gasteiger partial charge in [-0.05, 0) is 69.1 Å². The second kappa shape index (κ2) is 10.3. The number of rotatable bonds is 6. The lowest BCUT2D eigenvalue weighted by atomic mass is 10.0. The van der Waals surface area contributed by atoms with Gasteiger partial charge in [0.05, 0.1) is 6.10 Å². The highest BCUT2D eigenvalue weighted by molar-refractivity contribution is 7.99. The van der Waals surface area contributed by atoms with Crippen molar-refractivity contribution in [2.75, 3.05) is 29.9 Å². The zero-order chi connectivity index (χ0) is 20.8. The van der Waals surface area contributed by atoms with Crippen molar-refractivity contribution in [2.24, 2.45) is 0 Å². The molecule has 0 aromatic carbocycles. The van der Waals surface area contributed by atoms with Crippen molar-refractivity contribution in [1.82, 2.24) is 25.3 Å². The van der Waals surface area contributed by atoms with Gasteiger partial charge in [-0.25, -0.2) is 15.0 Å². The van der Waals surface area contributed by atoms with Gasteiger partial charge in [0.25, 0.3) is 0 Å². The van der Waals surface area contributed by atoms with Crippen LogP contribution in [0.25, 0.3) is 0 Å². The molecule has 2 aliphatic rings. The summed E-state index contributed by atoms with van der Waals surface area (Å²) < 4.78 is 5.64. The van der Waals surface area contributed by atoms with E-state index in [1.165, 1.54) is 31.0 Å². The highest BCUT2D eigenvalue weighted by Crippen LogP contribution is 2.29. The molecule has 30 heavy (non-hydrogen) atoms. The van der Waals surface area contributed by atoms with Gasteiger partial charge in [-0.15, -0.1) is 0 Å². The summed E-state index contributed by atoms with van der Waals surface area (Å²) in [7, 11) is 0. The van der Waals surface area contributed by atoms with Gasteiger partial charge >= 0.3 is 0 Å². The molecule has 2 fully saturated rings. The summed E-state index contributed by atoms with van der Waals surface area (Å²) in [4.78, 5) is 20.3. The number of thiocarbonyl (C=S) groups is 1. The molecule has 0 spiro atoms. The molecule has 10 heteroatoms. The number of aromatic nitrogens is 4. The highest BCUT2D eigenvalue weighted by Gasteiger charge is 2.22. The van der Waals surface area contributed by atoms with E-state index in [2.05, 4.69) is 37.4 Å². The van der Waals surface area contributed by atoms with Gasteiger partial charge in [-0.3, -0.25) is 0 Å². The summed E-state index contributed by atoms with van der Waals surface area (Å²) in [5.74, 6) is 1.38. The van der Waals surface area contributed by atoms with Crippen molar-refractivity contribution in [3.8, 4) is 0 Å². The van der Waals surface area contributed by atoms with E-state index in [0.717, 1.165) is 36.8 Å². The van der Waals surface area contributed by atoms with Gasteiger partial charge in [-0.2, -0.15) is 4.98 Å². The molecule has 4 heterocycles. The lowest BCUT2D eigenvalue weighted by Gasteiger charge is -2.34. The first kappa shape index (κ1) is 21.2. The summed E-state index contributed by atoms with van der Waals surface area (Å²) in [6.45, 7) is 4.75. The van der Waals surface area contributed by atoms with Gasteiger partial charge < -0.3 is 20.3 Å². The molecule has 2 aromatic rings. The Balaban J connectivity index is 1.50. The average Bonchev–Trinajstić information content (AvgIpc) is 3.27. The number of anilines is 2. The van der Waals surface area contributed by atoms with Crippen molar-refractivity contribution in [3.05, 3.63) is 24.5 Å². The Kier molecular flexibility index (Phi) is 7.29. The first-order valence-electron chi connectivity index (χ1n) is 10.4. The number of hydrogen-bond acceptors (Lipinski definition) is 8. The van der Waals surface area contributed by atoms with Crippen molar-refractivity contribution in [3.63, 3.8) is 0 Å². The highest BCUT2D eigenvalue weighted by atomic mass is 32.2. The Labute approximate surface area is 186 Å². The second-order valence-corrected chi connectivity index (χ2v) is 8.93. The molecule has 0 unspecified atom stereocenters. The number of piperidine rings is 1. The quantitative estimate of drug-likeness (QED) is 0.392. The molecule has 8 nitrogen and oxygen atoms in total. The van der Waals surface area contributed by atoms with Gasteiger partial charge in [-0.1, -0.05) is 0 Å². The zero-order valence-electron chi connectivity index (χ0n) is 17.1. The lowest BCUT2D eigenvalue weighted by Crippen LogP contribution is -2.38. The van der Waals surface area contributed by atoms with E-state index in [1.807, 2.05) is 6.07 Å². The molecular formula is C20H27N7OS2. The fourth-order valence-electron chi connectivity index (χ4n) is 3.70. The molecule has 4 rings (SSSR count). The van der Waals surface area contributed by atoms with Crippen LogP contribution in [-0.4, -0.2) is 56.9 Å². The summed E-state index contributed by atoms with van der Waals surface area (Å²) in [6.07, 6.45) is 9.43. The molecule has 2 atom stereocenters. The fraction of sp³-hybridized carbons (Fsp3) is 0.550. The maximum absolute atomic E-state index is 5.64. The average molecular weight is 446 g/mol. The first-order chi connectivity index (χ1) is 14.7.